The maximum Gasteiger partial charge on any atom is 0.214 e. The van der Waals surface area contributed by atoms with Gasteiger partial charge in [-0.05, 0) is 44.2 Å². The van der Waals surface area contributed by atoms with Crippen molar-refractivity contribution in [1.82, 2.24) is 20.5 Å². The van der Waals surface area contributed by atoms with Crippen LogP contribution in [0.5, 0.6) is 0 Å². The highest BCUT2D eigenvalue weighted by atomic mass is 127. The Morgan fingerprint density at radius 1 is 1.42 bits per heavy atom. The number of guanidine groups is 1. The van der Waals surface area contributed by atoms with Crippen LogP contribution in [0.4, 0.5) is 0 Å². The molecule has 0 aliphatic carbocycles. The van der Waals surface area contributed by atoms with Crippen LogP contribution in [0.1, 0.15) is 34.7 Å². The molecule has 0 saturated carbocycles. The monoisotopic (exact) mass is 489 g/mol. The average molecular weight is 489 g/mol. The van der Waals surface area contributed by atoms with Gasteiger partial charge in [-0.3, -0.25) is 9.89 Å². The van der Waals surface area contributed by atoms with Crippen molar-refractivity contribution < 1.29 is 4.42 Å². The Balaban J connectivity index is 0.00000243. The second-order valence-corrected chi connectivity index (χ2v) is 7.50. The van der Waals surface area contributed by atoms with Crippen molar-refractivity contribution in [3.8, 4) is 0 Å². The summed E-state index contributed by atoms with van der Waals surface area (Å²) in [7, 11) is 1.78. The molecule has 144 valence electrons. The van der Waals surface area contributed by atoms with E-state index in [9.17, 15) is 0 Å². The Bertz CT molecular complexity index is 722. The number of aryl methyl sites for hydroxylation is 2. The third-order valence-corrected chi connectivity index (χ3v) is 5.75. The van der Waals surface area contributed by atoms with Crippen molar-refractivity contribution in [1.29, 1.82) is 0 Å². The molecule has 6 nitrogen and oxygen atoms in total. The van der Waals surface area contributed by atoms with Gasteiger partial charge in [-0.2, -0.15) is 0 Å². The maximum atomic E-state index is 5.59. The van der Waals surface area contributed by atoms with Crippen LogP contribution in [0.25, 0.3) is 0 Å². The second-order valence-electron chi connectivity index (χ2n) is 6.49. The molecule has 8 heteroatoms. The Hall–Kier alpha value is -1.13. The Labute approximate surface area is 176 Å². The van der Waals surface area contributed by atoms with E-state index >= 15 is 0 Å². The predicted octanol–water partition coefficient (Wildman–Crippen LogP) is 3.08. The molecular weight excluding hydrogens is 461 g/mol. The predicted molar refractivity (Wildman–Crippen MR) is 117 cm³/mol. The van der Waals surface area contributed by atoms with Gasteiger partial charge >= 0.3 is 0 Å². The summed E-state index contributed by atoms with van der Waals surface area (Å²) in [5.41, 5.74) is 2.42. The SMILES string of the molecule is CN=C(NCc1nc(C)c(C)o1)NCC(C)N1CCc2sccc2C1.I. The van der Waals surface area contributed by atoms with Crippen LogP contribution in [0.3, 0.4) is 0 Å². The Morgan fingerprint density at radius 3 is 2.92 bits per heavy atom. The van der Waals surface area contributed by atoms with Gasteiger partial charge in [0.2, 0.25) is 5.89 Å². The van der Waals surface area contributed by atoms with Gasteiger partial charge in [0.15, 0.2) is 5.96 Å². The number of thiophene rings is 1. The fraction of sp³-hybridized carbons (Fsp3) is 0.556. The van der Waals surface area contributed by atoms with Gasteiger partial charge in [-0.25, -0.2) is 4.98 Å². The van der Waals surface area contributed by atoms with Gasteiger partial charge in [0.05, 0.1) is 12.2 Å². The molecule has 0 spiro atoms. The molecule has 0 aromatic carbocycles. The molecule has 1 unspecified atom stereocenters. The molecule has 0 fully saturated rings. The third-order valence-electron chi connectivity index (χ3n) is 4.73. The van der Waals surface area contributed by atoms with Gasteiger partial charge in [0.1, 0.15) is 5.76 Å². The molecule has 1 atom stereocenters. The fourth-order valence-corrected chi connectivity index (χ4v) is 3.90. The molecule has 2 N–H and O–H groups in total. The summed E-state index contributed by atoms with van der Waals surface area (Å²) in [6.45, 7) is 9.69. The number of fused-ring (bicyclic) bond motifs is 1. The summed E-state index contributed by atoms with van der Waals surface area (Å²) < 4.78 is 5.59. The minimum Gasteiger partial charge on any atom is -0.444 e. The standard InChI is InChI=1S/C18H27N5OS.HI/c1-12(23-7-5-16-15(11-23)6-8-25-16)9-20-18(19-4)21-10-17-22-13(2)14(3)24-17;/h6,8,12H,5,7,9-11H2,1-4H3,(H2,19,20,21);1H. The normalized spacial score (nSPS) is 15.9. The zero-order valence-corrected chi connectivity index (χ0v) is 19.0. The molecule has 1 aliphatic rings. The number of aliphatic imine (C=N–C) groups is 1. The quantitative estimate of drug-likeness (QED) is 0.384. The lowest BCUT2D eigenvalue weighted by atomic mass is 10.1. The number of hydrogen-bond donors (Lipinski definition) is 2. The first-order valence-corrected chi connectivity index (χ1v) is 9.61. The molecule has 3 rings (SSSR count). The molecule has 1 aliphatic heterocycles. The summed E-state index contributed by atoms with van der Waals surface area (Å²) in [5, 5.41) is 8.87. The number of rotatable bonds is 5. The fourth-order valence-electron chi connectivity index (χ4n) is 3.01. The van der Waals surface area contributed by atoms with Gasteiger partial charge in [-0.1, -0.05) is 0 Å². The number of nitrogens with one attached hydrogen (secondary N) is 2. The Kier molecular flexibility index (Phi) is 7.90. The van der Waals surface area contributed by atoms with Gasteiger partial charge in [0.25, 0.3) is 0 Å². The summed E-state index contributed by atoms with van der Waals surface area (Å²) in [5.74, 6) is 2.33. The van der Waals surface area contributed by atoms with Crippen molar-refractivity contribution in [3.05, 3.63) is 39.2 Å². The van der Waals surface area contributed by atoms with E-state index in [0.717, 1.165) is 43.5 Å². The van der Waals surface area contributed by atoms with Crippen LogP contribution in [-0.2, 0) is 19.5 Å². The van der Waals surface area contributed by atoms with Crippen LogP contribution in [-0.4, -0.2) is 42.0 Å². The smallest absolute Gasteiger partial charge is 0.214 e. The Morgan fingerprint density at radius 2 is 2.23 bits per heavy atom. The summed E-state index contributed by atoms with van der Waals surface area (Å²) in [6.07, 6.45) is 1.16. The van der Waals surface area contributed by atoms with E-state index < -0.39 is 0 Å². The molecule has 0 saturated heterocycles. The van der Waals surface area contributed by atoms with Crippen molar-refractivity contribution in [2.24, 2.45) is 4.99 Å². The minimum atomic E-state index is 0. The van der Waals surface area contributed by atoms with E-state index in [-0.39, 0.29) is 24.0 Å². The third kappa shape index (κ3) is 5.20. The first kappa shape index (κ1) is 21.2. The summed E-state index contributed by atoms with van der Waals surface area (Å²) in [4.78, 5) is 12.7. The lowest BCUT2D eigenvalue weighted by Gasteiger charge is -2.32. The number of oxazole rings is 1. The lowest BCUT2D eigenvalue weighted by Crippen LogP contribution is -2.47. The summed E-state index contributed by atoms with van der Waals surface area (Å²) >= 11 is 1.88. The number of aromatic nitrogens is 1. The van der Waals surface area contributed by atoms with Crippen molar-refractivity contribution in [3.63, 3.8) is 0 Å². The highest BCUT2D eigenvalue weighted by Crippen LogP contribution is 2.24. The molecule has 0 bridgehead atoms. The van der Waals surface area contributed by atoms with E-state index in [0.29, 0.717) is 18.5 Å². The topological polar surface area (TPSA) is 65.7 Å². The zero-order chi connectivity index (χ0) is 17.8. The molecule has 0 amide bonds. The van der Waals surface area contributed by atoms with Gasteiger partial charge in [-0.15, -0.1) is 35.3 Å². The zero-order valence-electron chi connectivity index (χ0n) is 15.8. The van der Waals surface area contributed by atoms with E-state index in [1.54, 1.807) is 11.9 Å². The van der Waals surface area contributed by atoms with Crippen LogP contribution < -0.4 is 10.6 Å². The molecule has 3 heterocycles. The van der Waals surface area contributed by atoms with Crippen molar-refractivity contribution >= 4 is 41.3 Å². The molecule has 2 aromatic rings. The highest BCUT2D eigenvalue weighted by Gasteiger charge is 2.21. The first-order valence-electron chi connectivity index (χ1n) is 8.73. The van der Waals surface area contributed by atoms with Gasteiger partial charge in [0, 0.05) is 37.6 Å². The van der Waals surface area contributed by atoms with E-state index in [1.165, 1.54) is 5.56 Å². The van der Waals surface area contributed by atoms with Crippen LogP contribution in [0.15, 0.2) is 20.9 Å². The summed E-state index contributed by atoms with van der Waals surface area (Å²) in [6, 6.07) is 2.70. The van der Waals surface area contributed by atoms with Crippen molar-refractivity contribution in [2.75, 3.05) is 20.1 Å². The van der Waals surface area contributed by atoms with E-state index in [1.807, 2.05) is 25.2 Å². The largest absolute Gasteiger partial charge is 0.444 e. The first-order chi connectivity index (χ1) is 12.1. The molecule has 0 radical (unpaired) electrons. The van der Waals surface area contributed by atoms with Crippen LogP contribution >= 0.6 is 35.3 Å². The van der Waals surface area contributed by atoms with Crippen LogP contribution in [0, 0.1) is 13.8 Å². The van der Waals surface area contributed by atoms with E-state index in [4.69, 9.17) is 4.42 Å². The minimum absolute atomic E-state index is 0. The lowest BCUT2D eigenvalue weighted by molar-refractivity contribution is 0.192. The van der Waals surface area contributed by atoms with E-state index in [2.05, 4.69) is 43.9 Å². The van der Waals surface area contributed by atoms with Gasteiger partial charge < -0.3 is 15.1 Å². The number of halogens is 1. The molecule has 26 heavy (non-hydrogen) atoms. The highest BCUT2D eigenvalue weighted by molar-refractivity contribution is 14.0. The number of hydrogen-bond acceptors (Lipinski definition) is 5. The number of nitrogens with zero attached hydrogens (tertiary/aromatic N) is 3. The van der Waals surface area contributed by atoms with Crippen LogP contribution in [0.2, 0.25) is 0 Å². The second kappa shape index (κ2) is 9.70. The molecule has 2 aromatic heterocycles. The average Bonchev–Trinajstić information content (AvgIpc) is 3.20. The van der Waals surface area contributed by atoms with Crippen molar-refractivity contribution in [2.45, 2.75) is 46.3 Å². The maximum absolute atomic E-state index is 5.59. The molecular formula is C18H28IN5OS.